The maximum Gasteiger partial charge on any atom is 0.123 e. The van der Waals surface area contributed by atoms with Crippen molar-refractivity contribution < 1.29 is 4.39 Å². The van der Waals surface area contributed by atoms with E-state index in [4.69, 9.17) is 0 Å². The van der Waals surface area contributed by atoms with Crippen molar-refractivity contribution in [3.63, 3.8) is 0 Å². The molecule has 0 aliphatic rings. The van der Waals surface area contributed by atoms with E-state index in [2.05, 4.69) is 39.7 Å². The first-order chi connectivity index (χ1) is 8.63. The van der Waals surface area contributed by atoms with E-state index < -0.39 is 0 Å². The summed E-state index contributed by atoms with van der Waals surface area (Å²) in [5.41, 5.74) is 3.88. The van der Waals surface area contributed by atoms with Crippen molar-refractivity contribution in [3.05, 3.63) is 47.7 Å². The summed E-state index contributed by atoms with van der Waals surface area (Å²) in [7, 11) is 0. The number of halogens is 2. The van der Waals surface area contributed by atoms with Gasteiger partial charge in [-0.3, -0.25) is 0 Å². The molecule has 1 aromatic carbocycles. The maximum atomic E-state index is 13.0. The van der Waals surface area contributed by atoms with Gasteiger partial charge in [0.25, 0.3) is 0 Å². The third-order valence-electron chi connectivity index (χ3n) is 2.78. The highest BCUT2D eigenvalue weighted by Gasteiger charge is 2.14. The van der Waals surface area contributed by atoms with E-state index in [-0.39, 0.29) is 5.82 Å². The molecule has 1 aromatic heterocycles. The van der Waals surface area contributed by atoms with Gasteiger partial charge in [-0.05, 0) is 30.2 Å². The number of alkyl halides is 1. The van der Waals surface area contributed by atoms with Crippen molar-refractivity contribution in [2.24, 2.45) is 0 Å². The third-order valence-corrected chi connectivity index (χ3v) is 3.34. The summed E-state index contributed by atoms with van der Waals surface area (Å²) in [5, 5.41) is 0.689. The van der Waals surface area contributed by atoms with Gasteiger partial charge in [-0.15, -0.1) is 0 Å². The van der Waals surface area contributed by atoms with Crippen molar-refractivity contribution >= 4 is 15.9 Å². The minimum atomic E-state index is -0.239. The fourth-order valence-corrected chi connectivity index (χ4v) is 2.46. The van der Waals surface area contributed by atoms with Crippen LogP contribution in [0.4, 0.5) is 4.39 Å². The Hall–Kier alpha value is -1.29. The number of rotatable bonds is 3. The summed E-state index contributed by atoms with van der Waals surface area (Å²) in [6.45, 7) is 4.20. The standard InChI is InChI=1S/C14H14BrFN2/c1-9(2)13-12(7-15)14(18-8-17-13)10-3-5-11(16)6-4-10/h3-6,8-9H,7H2,1-2H3. The van der Waals surface area contributed by atoms with E-state index in [0.29, 0.717) is 11.2 Å². The molecule has 0 spiro atoms. The van der Waals surface area contributed by atoms with Gasteiger partial charge in [-0.25, -0.2) is 14.4 Å². The molecule has 1 heterocycles. The summed E-state index contributed by atoms with van der Waals surface area (Å²) in [6, 6.07) is 6.39. The minimum Gasteiger partial charge on any atom is -0.241 e. The van der Waals surface area contributed by atoms with Crippen LogP contribution in [0.3, 0.4) is 0 Å². The van der Waals surface area contributed by atoms with Gasteiger partial charge in [0, 0.05) is 16.5 Å². The molecular weight excluding hydrogens is 295 g/mol. The monoisotopic (exact) mass is 308 g/mol. The van der Waals surface area contributed by atoms with Crippen LogP contribution >= 0.6 is 15.9 Å². The van der Waals surface area contributed by atoms with Crippen molar-refractivity contribution in [2.75, 3.05) is 0 Å². The predicted molar refractivity (Wildman–Crippen MR) is 74.1 cm³/mol. The summed E-state index contributed by atoms with van der Waals surface area (Å²) in [4.78, 5) is 8.67. The van der Waals surface area contributed by atoms with E-state index in [1.807, 2.05) is 0 Å². The molecule has 4 heteroatoms. The second kappa shape index (κ2) is 5.57. The molecule has 2 nitrogen and oxygen atoms in total. The molecule has 2 aromatic rings. The summed E-state index contributed by atoms with van der Waals surface area (Å²) in [6.07, 6.45) is 1.57. The highest BCUT2D eigenvalue weighted by Crippen LogP contribution is 2.28. The van der Waals surface area contributed by atoms with Crippen LogP contribution < -0.4 is 0 Å². The number of benzene rings is 1. The van der Waals surface area contributed by atoms with E-state index >= 15 is 0 Å². The van der Waals surface area contributed by atoms with Gasteiger partial charge in [-0.2, -0.15) is 0 Å². The van der Waals surface area contributed by atoms with Gasteiger partial charge in [0.05, 0.1) is 11.4 Å². The van der Waals surface area contributed by atoms with Crippen LogP contribution in [-0.4, -0.2) is 9.97 Å². The lowest BCUT2D eigenvalue weighted by molar-refractivity contribution is 0.628. The largest absolute Gasteiger partial charge is 0.241 e. The fraction of sp³-hybridized carbons (Fsp3) is 0.286. The van der Waals surface area contributed by atoms with Gasteiger partial charge in [0.15, 0.2) is 0 Å². The molecule has 94 valence electrons. The molecule has 0 radical (unpaired) electrons. The summed E-state index contributed by atoms with van der Waals surface area (Å²) >= 11 is 3.49. The van der Waals surface area contributed by atoms with Crippen LogP contribution in [0.25, 0.3) is 11.3 Å². The molecule has 0 saturated carbocycles. The molecule has 0 unspecified atom stereocenters. The molecule has 2 rings (SSSR count). The smallest absolute Gasteiger partial charge is 0.123 e. The molecule has 18 heavy (non-hydrogen) atoms. The summed E-state index contributed by atoms with van der Waals surface area (Å²) < 4.78 is 13.0. The van der Waals surface area contributed by atoms with E-state index in [0.717, 1.165) is 22.5 Å². The average Bonchev–Trinajstić information content (AvgIpc) is 2.38. The quantitative estimate of drug-likeness (QED) is 0.790. The van der Waals surface area contributed by atoms with Gasteiger partial charge in [-0.1, -0.05) is 29.8 Å². The second-order valence-corrected chi connectivity index (χ2v) is 4.94. The molecule has 0 atom stereocenters. The Kier molecular flexibility index (Phi) is 4.07. The van der Waals surface area contributed by atoms with Crippen molar-refractivity contribution in [1.29, 1.82) is 0 Å². The lowest BCUT2D eigenvalue weighted by atomic mass is 10.00. The lowest BCUT2D eigenvalue weighted by Crippen LogP contribution is -2.03. The number of hydrogen-bond donors (Lipinski definition) is 0. The predicted octanol–water partition coefficient (Wildman–Crippen LogP) is 4.30. The Morgan fingerprint density at radius 3 is 2.39 bits per heavy atom. The van der Waals surface area contributed by atoms with Gasteiger partial charge in [0.2, 0.25) is 0 Å². The molecule has 0 aliphatic heterocycles. The molecule has 0 N–H and O–H groups in total. The normalized spacial score (nSPS) is 10.9. The van der Waals surface area contributed by atoms with Crippen LogP contribution in [0.5, 0.6) is 0 Å². The van der Waals surface area contributed by atoms with Crippen molar-refractivity contribution in [1.82, 2.24) is 9.97 Å². The second-order valence-electron chi connectivity index (χ2n) is 4.38. The first kappa shape index (κ1) is 13.1. The highest BCUT2D eigenvalue weighted by molar-refractivity contribution is 9.08. The molecule has 0 amide bonds. The molecule has 0 bridgehead atoms. The minimum absolute atomic E-state index is 0.239. The van der Waals surface area contributed by atoms with E-state index in [9.17, 15) is 4.39 Å². The Labute approximate surface area is 114 Å². The molecular formula is C14H14BrFN2. The number of nitrogens with zero attached hydrogens (tertiary/aromatic N) is 2. The molecule has 0 aliphatic carbocycles. The zero-order chi connectivity index (χ0) is 13.1. The van der Waals surface area contributed by atoms with Crippen molar-refractivity contribution in [3.8, 4) is 11.3 Å². The summed E-state index contributed by atoms with van der Waals surface area (Å²) in [5.74, 6) is 0.0945. The maximum absolute atomic E-state index is 13.0. The van der Waals surface area contributed by atoms with E-state index in [1.165, 1.54) is 12.1 Å². The van der Waals surface area contributed by atoms with Crippen molar-refractivity contribution in [2.45, 2.75) is 25.1 Å². The highest BCUT2D eigenvalue weighted by atomic mass is 79.9. The van der Waals surface area contributed by atoms with Gasteiger partial charge < -0.3 is 0 Å². The van der Waals surface area contributed by atoms with E-state index in [1.54, 1.807) is 18.5 Å². The van der Waals surface area contributed by atoms with Crippen LogP contribution in [0, 0.1) is 5.82 Å². The zero-order valence-corrected chi connectivity index (χ0v) is 11.9. The Morgan fingerprint density at radius 2 is 1.83 bits per heavy atom. The molecule has 0 saturated heterocycles. The Balaban J connectivity index is 2.57. The van der Waals surface area contributed by atoms with Gasteiger partial charge in [0.1, 0.15) is 12.1 Å². The first-order valence-electron chi connectivity index (χ1n) is 5.79. The Morgan fingerprint density at radius 1 is 1.17 bits per heavy atom. The third kappa shape index (κ3) is 2.58. The average molecular weight is 309 g/mol. The first-order valence-corrected chi connectivity index (χ1v) is 6.91. The van der Waals surface area contributed by atoms with Crippen LogP contribution in [0.2, 0.25) is 0 Å². The van der Waals surface area contributed by atoms with Crippen LogP contribution in [0.1, 0.15) is 31.0 Å². The SMILES string of the molecule is CC(C)c1ncnc(-c2ccc(F)cc2)c1CBr. The number of hydrogen-bond acceptors (Lipinski definition) is 2. The van der Waals surface area contributed by atoms with Crippen LogP contribution in [-0.2, 0) is 5.33 Å². The fourth-order valence-electron chi connectivity index (χ4n) is 1.91. The Bertz CT molecular complexity index is 538. The molecule has 0 fully saturated rings. The van der Waals surface area contributed by atoms with Crippen LogP contribution in [0.15, 0.2) is 30.6 Å². The van der Waals surface area contributed by atoms with Gasteiger partial charge >= 0.3 is 0 Å². The topological polar surface area (TPSA) is 25.8 Å². The zero-order valence-electron chi connectivity index (χ0n) is 10.3. The number of aromatic nitrogens is 2. The lowest BCUT2D eigenvalue weighted by Gasteiger charge is -2.13.